The third-order valence-electron chi connectivity index (χ3n) is 5.49. The molecule has 1 aliphatic heterocycles. The van der Waals surface area contributed by atoms with Gasteiger partial charge in [0.15, 0.2) is 11.2 Å². The van der Waals surface area contributed by atoms with Crippen LogP contribution in [0.4, 0.5) is 0 Å². The molecular weight excluding hydrogens is 378 g/mol. The zero-order chi connectivity index (χ0) is 19.8. The first kappa shape index (κ1) is 19.0. The van der Waals surface area contributed by atoms with E-state index in [9.17, 15) is 9.59 Å². The Bertz CT molecular complexity index is 1120. The van der Waals surface area contributed by atoms with Crippen molar-refractivity contribution in [2.45, 2.75) is 32.4 Å². The van der Waals surface area contributed by atoms with E-state index in [1.54, 1.807) is 7.05 Å². The van der Waals surface area contributed by atoms with Crippen LogP contribution in [-0.2, 0) is 27.2 Å². The molecule has 0 radical (unpaired) electrons. The van der Waals surface area contributed by atoms with E-state index in [2.05, 4.69) is 4.90 Å². The highest BCUT2D eigenvalue weighted by Gasteiger charge is 2.21. The number of likely N-dealkylation sites (tertiary alicyclic amines) is 1. The number of halogens is 1. The Balaban J connectivity index is 1.87. The predicted molar refractivity (Wildman–Crippen MR) is 110 cm³/mol. The number of aromatic nitrogens is 4. The number of hydrogen-bond acceptors (Lipinski definition) is 4. The molecular formula is C20H24ClN5O2. The Hall–Kier alpha value is -2.38. The Morgan fingerprint density at radius 1 is 0.964 bits per heavy atom. The third kappa shape index (κ3) is 3.40. The summed E-state index contributed by atoms with van der Waals surface area (Å²) in [6, 6.07) is 7.58. The van der Waals surface area contributed by atoms with Crippen LogP contribution in [0.2, 0.25) is 5.02 Å². The molecule has 0 unspecified atom stereocenters. The van der Waals surface area contributed by atoms with Crippen molar-refractivity contribution < 1.29 is 0 Å². The topological polar surface area (TPSA) is 65.1 Å². The Morgan fingerprint density at radius 2 is 1.64 bits per heavy atom. The third-order valence-corrected chi connectivity index (χ3v) is 5.75. The Kier molecular flexibility index (Phi) is 5.12. The average Bonchev–Trinajstić information content (AvgIpc) is 3.05. The van der Waals surface area contributed by atoms with Gasteiger partial charge in [0, 0.05) is 25.7 Å². The van der Waals surface area contributed by atoms with Gasteiger partial charge >= 0.3 is 5.69 Å². The van der Waals surface area contributed by atoms with Gasteiger partial charge in [0.2, 0.25) is 0 Å². The van der Waals surface area contributed by atoms with E-state index >= 15 is 0 Å². The summed E-state index contributed by atoms with van der Waals surface area (Å²) in [6.07, 6.45) is 3.61. The lowest BCUT2D eigenvalue weighted by Gasteiger charge is -2.26. The first-order chi connectivity index (χ1) is 13.5. The lowest BCUT2D eigenvalue weighted by molar-refractivity contribution is 0.214. The van der Waals surface area contributed by atoms with Gasteiger partial charge in [-0.05, 0) is 43.6 Å². The normalized spacial score (nSPS) is 15.4. The zero-order valence-electron chi connectivity index (χ0n) is 16.2. The molecule has 0 aliphatic carbocycles. The van der Waals surface area contributed by atoms with Crippen molar-refractivity contribution in [1.29, 1.82) is 0 Å². The van der Waals surface area contributed by atoms with Crippen molar-refractivity contribution in [3.63, 3.8) is 0 Å². The average molecular weight is 402 g/mol. The van der Waals surface area contributed by atoms with Crippen molar-refractivity contribution in [3.8, 4) is 0 Å². The molecule has 1 aromatic carbocycles. The quantitative estimate of drug-likeness (QED) is 0.671. The van der Waals surface area contributed by atoms with E-state index in [4.69, 9.17) is 16.6 Å². The van der Waals surface area contributed by atoms with Crippen LogP contribution in [-0.4, -0.2) is 36.7 Å². The Morgan fingerprint density at radius 3 is 2.32 bits per heavy atom. The van der Waals surface area contributed by atoms with Crippen LogP contribution in [0.15, 0.2) is 33.9 Å². The monoisotopic (exact) mass is 401 g/mol. The fourth-order valence-corrected chi connectivity index (χ4v) is 4.00. The van der Waals surface area contributed by atoms with Gasteiger partial charge in [-0.3, -0.25) is 18.8 Å². The van der Waals surface area contributed by atoms with E-state index in [0.29, 0.717) is 29.3 Å². The minimum absolute atomic E-state index is 0.315. The molecule has 1 fully saturated rings. The van der Waals surface area contributed by atoms with Gasteiger partial charge in [0.1, 0.15) is 5.82 Å². The van der Waals surface area contributed by atoms with Crippen LogP contribution in [0, 0.1) is 0 Å². The fourth-order valence-electron chi connectivity index (χ4n) is 3.87. The molecule has 3 heterocycles. The summed E-state index contributed by atoms with van der Waals surface area (Å²) in [4.78, 5) is 32.4. The first-order valence-corrected chi connectivity index (χ1v) is 9.95. The van der Waals surface area contributed by atoms with Crippen molar-refractivity contribution in [2.75, 3.05) is 13.1 Å². The maximum atomic E-state index is 12.9. The van der Waals surface area contributed by atoms with Gasteiger partial charge in [-0.25, -0.2) is 9.78 Å². The van der Waals surface area contributed by atoms with Crippen LogP contribution in [0.25, 0.3) is 11.2 Å². The van der Waals surface area contributed by atoms with E-state index < -0.39 is 0 Å². The van der Waals surface area contributed by atoms with Gasteiger partial charge in [0.25, 0.3) is 5.56 Å². The van der Waals surface area contributed by atoms with Gasteiger partial charge in [-0.15, -0.1) is 0 Å². The molecule has 3 aromatic rings. The second-order valence-electron chi connectivity index (χ2n) is 7.46. The number of aryl methyl sites for hydroxylation is 1. The number of fused-ring (bicyclic) bond motifs is 1. The fraction of sp³-hybridized carbons (Fsp3) is 0.450. The molecule has 7 nitrogen and oxygen atoms in total. The second-order valence-corrected chi connectivity index (χ2v) is 7.89. The molecule has 8 heteroatoms. The minimum Gasteiger partial charge on any atom is -0.317 e. The molecule has 148 valence electrons. The van der Waals surface area contributed by atoms with E-state index in [1.165, 1.54) is 30.9 Å². The molecule has 28 heavy (non-hydrogen) atoms. The highest BCUT2D eigenvalue weighted by atomic mass is 35.5. The maximum Gasteiger partial charge on any atom is 0.332 e. The number of benzene rings is 1. The molecule has 0 bridgehead atoms. The maximum absolute atomic E-state index is 12.9. The summed E-state index contributed by atoms with van der Waals surface area (Å²) < 4.78 is 4.55. The number of hydrogen-bond donors (Lipinski definition) is 0. The van der Waals surface area contributed by atoms with E-state index in [-0.39, 0.29) is 11.2 Å². The standard InChI is InChI=1S/C20H24ClN5O2/c1-23-18-17(19(27)24(2)20(23)28)26(12-14-6-8-15(21)9-7-14)16(22-18)13-25-10-4-3-5-11-25/h6-9H,3-5,10-13H2,1-2H3. The van der Waals surface area contributed by atoms with Crippen LogP contribution in [0.3, 0.4) is 0 Å². The smallest absolute Gasteiger partial charge is 0.317 e. The zero-order valence-corrected chi connectivity index (χ0v) is 16.9. The van der Waals surface area contributed by atoms with Gasteiger partial charge < -0.3 is 4.57 Å². The highest BCUT2D eigenvalue weighted by molar-refractivity contribution is 6.30. The molecule has 0 saturated carbocycles. The van der Waals surface area contributed by atoms with Gasteiger partial charge in [-0.1, -0.05) is 30.2 Å². The number of imidazole rings is 1. The molecule has 0 amide bonds. The summed E-state index contributed by atoms with van der Waals surface area (Å²) in [7, 11) is 3.17. The summed E-state index contributed by atoms with van der Waals surface area (Å²) in [5.74, 6) is 0.810. The lowest BCUT2D eigenvalue weighted by Crippen LogP contribution is -2.37. The second kappa shape index (κ2) is 7.56. The highest BCUT2D eigenvalue weighted by Crippen LogP contribution is 2.19. The van der Waals surface area contributed by atoms with Crippen LogP contribution in [0.1, 0.15) is 30.7 Å². The summed E-state index contributed by atoms with van der Waals surface area (Å²) in [6.45, 7) is 3.23. The SMILES string of the molecule is Cn1c(=O)c2c(nc(CN3CCCCC3)n2Cc2ccc(Cl)cc2)n(C)c1=O. The van der Waals surface area contributed by atoms with Crippen molar-refractivity contribution in [2.24, 2.45) is 14.1 Å². The minimum atomic E-state index is -0.363. The van der Waals surface area contributed by atoms with Crippen LogP contribution >= 0.6 is 11.6 Å². The predicted octanol–water partition coefficient (Wildman–Crippen LogP) is 2.12. The molecule has 0 N–H and O–H groups in total. The number of nitrogens with zero attached hydrogens (tertiary/aromatic N) is 5. The largest absolute Gasteiger partial charge is 0.332 e. The van der Waals surface area contributed by atoms with Gasteiger partial charge in [0.05, 0.1) is 6.54 Å². The van der Waals surface area contributed by atoms with Crippen molar-refractivity contribution >= 4 is 22.8 Å². The summed E-state index contributed by atoms with van der Waals surface area (Å²) >= 11 is 6.02. The van der Waals surface area contributed by atoms with E-state index in [0.717, 1.165) is 29.0 Å². The molecule has 4 rings (SSSR count). The molecule has 1 saturated heterocycles. The van der Waals surface area contributed by atoms with Gasteiger partial charge in [-0.2, -0.15) is 0 Å². The first-order valence-electron chi connectivity index (χ1n) is 9.57. The van der Waals surface area contributed by atoms with Crippen LogP contribution < -0.4 is 11.2 Å². The number of piperidine rings is 1. The molecule has 0 atom stereocenters. The molecule has 0 spiro atoms. The summed E-state index contributed by atoms with van der Waals surface area (Å²) in [5, 5.41) is 0.672. The van der Waals surface area contributed by atoms with Crippen LogP contribution in [0.5, 0.6) is 0 Å². The number of rotatable bonds is 4. The van der Waals surface area contributed by atoms with Crippen molar-refractivity contribution in [3.05, 3.63) is 61.5 Å². The Labute approximate surface area is 167 Å². The lowest BCUT2D eigenvalue weighted by atomic mass is 10.1. The molecule has 1 aliphatic rings. The summed E-state index contributed by atoms with van der Waals surface area (Å²) in [5.41, 5.74) is 1.25. The molecule has 2 aromatic heterocycles. The van der Waals surface area contributed by atoms with Crippen molar-refractivity contribution in [1.82, 2.24) is 23.6 Å². The van der Waals surface area contributed by atoms with E-state index in [1.807, 2.05) is 28.8 Å².